The van der Waals surface area contributed by atoms with Crippen LogP contribution in [0.3, 0.4) is 0 Å². The molecule has 0 fully saturated rings. The van der Waals surface area contributed by atoms with Crippen LogP contribution in [0.2, 0.25) is 0 Å². The van der Waals surface area contributed by atoms with Gasteiger partial charge in [-0.05, 0) is 58.1 Å². The summed E-state index contributed by atoms with van der Waals surface area (Å²) in [6, 6.07) is 6.72. The molecule has 0 saturated carbocycles. The Balaban J connectivity index is 2.40. The van der Waals surface area contributed by atoms with Crippen molar-refractivity contribution in [1.29, 1.82) is 0 Å². The van der Waals surface area contributed by atoms with E-state index >= 15 is 0 Å². The number of allylic oxidation sites excluding steroid dienone is 2. The van der Waals surface area contributed by atoms with Crippen LogP contribution in [0.4, 0.5) is 0 Å². The fraction of sp³-hybridized carbons (Fsp3) is 0.529. The number of hydrogen-bond acceptors (Lipinski definition) is 3. The Labute approximate surface area is 129 Å². The van der Waals surface area contributed by atoms with E-state index in [1.54, 1.807) is 24.3 Å². The molecule has 0 unspecified atom stereocenters. The maximum absolute atomic E-state index is 12.0. The standard InChI is InChI=1S/C17H26O3S/c1-14(2)6-5-7-15(3)12-13-20-21(18,19)17-10-8-16(4)9-11-17/h6,8-11,15H,5,7,12-13H2,1-4H3/t15-/m0/s1. The second kappa shape index (κ2) is 8.35. The monoisotopic (exact) mass is 310 g/mol. The van der Waals surface area contributed by atoms with Crippen LogP contribution in [0.5, 0.6) is 0 Å². The highest BCUT2D eigenvalue weighted by Crippen LogP contribution is 2.16. The Kier molecular flexibility index (Phi) is 7.12. The molecule has 1 atom stereocenters. The van der Waals surface area contributed by atoms with E-state index in [2.05, 4.69) is 26.8 Å². The SMILES string of the molecule is CC(C)=CCC[C@H](C)CCOS(=O)(=O)c1ccc(C)cc1. The molecular formula is C17H26O3S. The first-order valence-electron chi connectivity index (χ1n) is 7.40. The van der Waals surface area contributed by atoms with Crippen LogP contribution in [-0.4, -0.2) is 15.0 Å². The van der Waals surface area contributed by atoms with Crippen molar-refractivity contribution >= 4 is 10.1 Å². The highest BCUT2D eigenvalue weighted by molar-refractivity contribution is 7.86. The van der Waals surface area contributed by atoms with Crippen LogP contribution in [0, 0.1) is 12.8 Å². The predicted octanol–water partition coefficient (Wildman–Crippen LogP) is 4.47. The minimum absolute atomic E-state index is 0.227. The lowest BCUT2D eigenvalue weighted by molar-refractivity contribution is 0.283. The minimum Gasteiger partial charge on any atom is -0.266 e. The Bertz CT molecular complexity index is 552. The van der Waals surface area contributed by atoms with Gasteiger partial charge in [0.25, 0.3) is 10.1 Å². The number of aryl methyl sites for hydroxylation is 1. The summed E-state index contributed by atoms with van der Waals surface area (Å²) in [5, 5.41) is 0. The molecule has 1 aromatic rings. The average molecular weight is 310 g/mol. The highest BCUT2D eigenvalue weighted by atomic mass is 32.2. The van der Waals surface area contributed by atoms with E-state index in [-0.39, 0.29) is 11.5 Å². The van der Waals surface area contributed by atoms with Gasteiger partial charge in [0.1, 0.15) is 0 Å². The van der Waals surface area contributed by atoms with Crippen molar-refractivity contribution in [1.82, 2.24) is 0 Å². The first kappa shape index (κ1) is 17.9. The quantitative estimate of drug-likeness (QED) is 0.525. The van der Waals surface area contributed by atoms with Gasteiger partial charge in [-0.15, -0.1) is 0 Å². The Morgan fingerprint density at radius 2 is 1.81 bits per heavy atom. The minimum atomic E-state index is -3.62. The van der Waals surface area contributed by atoms with Crippen molar-refractivity contribution in [3.63, 3.8) is 0 Å². The van der Waals surface area contributed by atoms with Gasteiger partial charge in [0.2, 0.25) is 0 Å². The third-order valence-corrected chi connectivity index (χ3v) is 4.70. The van der Waals surface area contributed by atoms with Crippen molar-refractivity contribution < 1.29 is 12.6 Å². The first-order valence-corrected chi connectivity index (χ1v) is 8.81. The van der Waals surface area contributed by atoms with Crippen molar-refractivity contribution in [2.45, 2.75) is 51.9 Å². The van der Waals surface area contributed by atoms with E-state index < -0.39 is 10.1 Å². The molecule has 0 radical (unpaired) electrons. The van der Waals surface area contributed by atoms with E-state index in [1.165, 1.54) is 5.57 Å². The second-order valence-electron chi connectivity index (χ2n) is 5.84. The molecule has 0 aromatic heterocycles. The zero-order valence-corrected chi connectivity index (χ0v) is 14.2. The van der Waals surface area contributed by atoms with Gasteiger partial charge in [0.15, 0.2) is 0 Å². The van der Waals surface area contributed by atoms with E-state index in [0.717, 1.165) is 24.8 Å². The predicted molar refractivity (Wildman–Crippen MR) is 86.8 cm³/mol. The molecule has 0 aliphatic carbocycles. The van der Waals surface area contributed by atoms with E-state index in [9.17, 15) is 8.42 Å². The van der Waals surface area contributed by atoms with Crippen molar-refractivity contribution in [2.75, 3.05) is 6.61 Å². The third kappa shape index (κ3) is 6.91. The van der Waals surface area contributed by atoms with Crippen molar-refractivity contribution in [3.8, 4) is 0 Å². The smallest absolute Gasteiger partial charge is 0.266 e. The molecule has 21 heavy (non-hydrogen) atoms. The van der Waals surface area contributed by atoms with Crippen LogP contribution in [0.25, 0.3) is 0 Å². The molecule has 0 aliphatic heterocycles. The second-order valence-corrected chi connectivity index (χ2v) is 7.46. The number of benzene rings is 1. The van der Waals surface area contributed by atoms with Crippen molar-refractivity contribution in [3.05, 3.63) is 41.5 Å². The highest BCUT2D eigenvalue weighted by Gasteiger charge is 2.15. The van der Waals surface area contributed by atoms with Gasteiger partial charge < -0.3 is 0 Å². The van der Waals surface area contributed by atoms with Crippen LogP contribution >= 0.6 is 0 Å². The molecule has 1 aromatic carbocycles. The Morgan fingerprint density at radius 3 is 2.38 bits per heavy atom. The molecular weight excluding hydrogens is 284 g/mol. The molecule has 0 amide bonds. The van der Waals surface area contributed by atoms with Crippen LogP contribution in [0.15, 0.2) is 40.8 Å². The van der Waals surface area contributed by atoms with E-state index in [1.807, 2.05) is 6.92 Å². The average Bonchev–Trinajstić information content (AvgIpc) is 2.38. The molecule has 0 bridgehead atoms. The van der Waals surface area contributed by atoms with Gasteiger partial charge in [-0.25, -0.2) is 0 Å². The lowest BCUT2D eigenvalue weighted by atomic mass is 10.0. The molecule has 118 valence electrons. The lowest BCUT2D eigenvalue weighted by Crippen LogP contribution is -2.10. The van der Waals surface area contributed by atoms with Crippen LogP contribution < -0.4 is 0 Å². The molecule has 0 N–H and O–H groups in total. The maximum Gasteiger partial charge on any atom is 0.296 e. The normalized spacial score (nSPS) is 13.0. The zero-order chi connectivity index (χ0) is 15.9. The zero-order valence-electron chi connectivity index (χ0n) is 13.4. The molecule has 0 heterocycles. The van der Waals surface area contributed by atoms with Gasteiger partial charge in [0, 0.05) is 0 Å². The van der Waals surface area contributed by atoms with Gasteiger partial charge in [0.05, 0.1) is 11.5 Å². The van der Waals surface area contributed by atoms with Gasteiger partial charge in [-0.3, -0.25) is 4.18 Å². The maximum atomic E-state index is 12.0. The Hall–Kier alpha value is -1.13. The van der Waals surface area contributed by atoms with Crippen molar-refractivity contribution in [2.24, 2.45) is 5.92 Å². The lowest BCUT2D eigenvalue weighted by Gasteiger charge is -2.11. The summed E-state index contributed by atoms with van der Waals surface area (Å²) in [4.78, 5) is 0.227. The van der Waals surface area contributed by atoms with Gasteiger partial charge >= 0.3 is 0 Å². The molecule has 1 rings (SSSR count). The van der Waals surface area contributed by atoms with E-state index in [0.29, 0.717) is 5.92 Å². The summed E-state index contributed by atoms with van der Waals surface area (Å²) in [6.45, 7) is 8.46. The molecule has 0 aliphatic rings. The summed E-state index contributed by atoms with van der Waals surface area (Å²) in [6.07, 6.45) is 5.05. The number of rotatable bonds is 8. The fourth-order valence-corrected chi connectivity index (χ4v) is 2.85. The van der Waals surface area contributed by atoms with E-state index in [4.69, 9.17) is 4.18 Å². The van der Waals surface area contributed by atoms with Gasteiger partial charge in [-0.2, -0.15) is 8.42 Å². The third-order valence-electron chi connectivity index (χ3n) is 3.37. The summed E-state index contributed by atoms with van der Waals surface area (Å²) in [5.41, 5.74) is 2.35. The van der Waals surface area contributed by atoms with Gasteiger partial charge in [-0.1, -0.05) is 36.3 Å². The molecule has 0 spiro atoms. The van der Waals surface area contributed by atoms with Crippen LogP contribution in [-0.2, 0) is 14.3 Å². The molecule has 0 saturated heterocycles. The van der Waals surface area contributed by atoms with Crippen LogP contribution in [0.1, 0.15) is 45.6 Å². The first-order chi connectivity index (χ1) is 9.81. The topological polar surface area (TPSA) is 43.4 Å². The summed E-state index contributed by atoms with van der Waals surface area (Å²) < 4.78 is 29.1. The largest absolute Gasteiger partial charge is 0.296 e. The molecule has 4 heteroatoms. The number of hydrogen-bond donors (Lipinski definition) is 0. The Morgan fingerprint density at radius 1 is 1.19 bits per heavy atom. The summed E-state index contributed by atoms with van der Waals surface area (Å²) >= 11 is 0. The molecule has 3 nitrogen and oxygen atoms in total. The fourth-order valence-electron chi connectivity index (χ4n) is 1.93. The summed E-state index contributed by atoms with van der Waals surface area (Å²) in [7, 11) is -3.62. The summed E-state index contributed by atoms with van der Waals surface area (Å²) in [5.74, 6) is 0.453.